The molecule has 0 unspecified atom stereocenters. The van der Waals surface area contributed by atoms with Crippen LogP contribution in [0.4, 0.5) is 0 Å². The SMILES string of the molecule is COC(=O)[C@@]1(OC[C@@H](OC(=O)c2ccccc2)[C@@H](OC(=O)c2ccccc2)[C@@H]2O[C@@](Sc3ccc(C)cc3)(C(=O)OC)C[C@H](OC(=O)c3ccccc3)[C@H]2N=[N+]=[N-])C[C@H](OC(C)=O)[C@@H](N=[N+]=[N-])[C@H]([C@H](OC(C)=O)[C@@H](COC(C)=O)OC(C)=O)O1. The van der Waals surface area contributed by atoms with Crippen LogP contribution >= 0.6 is 11.8 Å². The fourth-order valence-electron chi connectivity index (χ4n) is 9.10. The smallest absolute Gasteiger partial charge is 0.366 e. The third-order valence-electron chi connectivity index (χ3n) is 12.7. The van der Waals surface area contributed by atoms with Crippen LogP contribution in [0.25, 0.3) is 20.9 Å². The number of nitrogens with zero attached hydrogens (tertiary/aromatic N) is 6. The van der Waals surface area contributed by atoms with E-state index >= 15 is 0 Å². The Morgan fingerprint density at radius 1 is 0.560 bits per heavy atom. The summed E-state index contributed by atoms with van der Waals surface area (Å²) >= 11 is 0.774. The number of azide groups is 2. The van der Waals surface area contributed by atoms with E-state index in [0.717, 1.165) is 59.2 Å². The second-order valence-electron chi connectivity index (χ2n) is 18.7. The summed E-state index contributed by atoms with van der Waals surface area (Å²) in [5, 5.41) is 7.78. The Hall–Kier alpha value is -9.04. The molecule has 2 saturated heterocycles. The van der Waals surface area contributed by atoms with Crippen molar-refractivity contribution in [3.05, 3.63) is 158 Å². The van der Waals surface area contributed by atoms with E-state index in [2.05, 4.69) is 20.1 Å². The Kier molecular flexibility index (Phi) is 22.7. The summed E-state index contributed by atoms with van der Waals surface area (Å²) in [6.07, 6.45) is -17.6. The van der Waals surface area contributed by atoms with E-state index in [9.17, 15) is 54.2 Å². The average molecular weight is 1180 g/mol. The minimum atomic E-state index is -3.02. The summed E-state index contributed by atoms with van der Waals surface area (Å²) in [6.45, 7) is 3.57. The zero-order chi connectivity index (χ0) is 61.1. The molecule has 4 aromatic carbocycles. The van der Waals surface area contributed by atoms with E-state index < -0.39 is 151 Å². The molecule has 0 radical (unpaired) electrons. The molecule has 0 amide bonds. The van der Waals surface area contributed by atoms with Crippen molar-refractivity contribution in [2.75, 3.05) is 27.4 Å². The van der Waals surface area contributed by atoms with Crippen molar-refractivity contribution in [3.63, 3.8) is 0 Å². The number of thioether (sulfide) groups is 1. The van der Waals surface area contributed by atoms with E-state index in [4.69, 9.17) is 56.8 Å². The number of rotatable bonds is 24. The normalized spacial score (nSPS) is 23.0. The number of ether oxygens (including phenoxy) is 12. The Bertz CT molecular complexity index is 3110. The van der Waals surface area contributed by atoms with Gasteiger partial charge in [0.1, 0.15) is 43.1 Å². The van der Waals surface area contributed by atoms with Crippen LogP contribution in [0.1, 0.15) is 77.2 Å². The van der Waals surface area contributed by atoms with Gasteiger partial charge < -0.3 is 56.8 Å². The number of aryl methyl sites for hydroxylation is 1. The van der Waals surface area contributed by atoms with Gasteiger partial charge in [-0.3, -0.25) is 19.2 Å². The summed E-state index contributed by atoms with van der Waals surface area (Å²) in [5.41, 5.74) is 20.9. The molecule has 0 aromatic heterocycles. The van der Waals surface area contributed by atoms with E-state index in [1.54, 1.807) is 54.6 Å². The van der Waals surface area contributed by atoms with Gasteiger partial charge in [0, 0.05) is 48.8 Å². The number of esters is 9. The quantitative estimate of drug-likeness (QED) is 0.0228. The van der Waals surface area contributed by atoms with Gasteiger partial charge in [0.05, 0.1) is 43.9 Å². The monoisotopic (exact) mass is 1180 g/mol. The molecule has 28 heteroatoms. The topological polar surface area (TPSA) is 362 Å². The highest BCUT2D eigenvalue weighted by atomic mass is 32.2. The molecule has 0 bridgehead atoms. The molecule has 0 saturated carbocycles. The number of hydrogen-bond donors (Lipinski definition) is 0. The number of benzene rings is 4. The maximum Gasteiger partial charge on any atom is 0.366 e. The largest absolute Gasteiger partial charge is 0.466 e. The number of hydrogen-bond acceptors (Lipinski definition) is 24. The van der Waals surface area contributed by atoms with Crippen LogP contribution in [-0.4, -0.2) is 153 Å². The summed E-state index contributed by atoms with van der Waals surface area (Å²) in [5.74, 6) is -13.0. The molecule has 2 heterocycles. The molecule has 6 rings (SSSR count). The van der Waals surface area contributed by atoms with Crippen molar-refractivity contribution in [2.45, 2.75) is 124 Å². The van der Waals surface area contributed by atoms with Gasteiger partial charge in [-0.05, 0) is 66.5 Å². The van der Waals surface area contributed by atoms with Gasteiger partial charge in [0.25, 0.3) is 5.79 Å². The van der Waals surface area contributed by atoms with E-state index in [1.165, 1.54) is 60.7 Å². The lowest BCUT2D eigenvalue weighted by molar-refractivity contribution is -0.318. The van der Waals surface area contributed by atoms with Crippen LogP contribution in [0.3, 0.4) is 0 Å². The number of carbonyl (C=O) groups excluding carboxylic acids is 9. The minimum Gasteiger partial charge on any atom is -0.466 e. The highest BCUT2D eigenvalue weighted by molar-refractivity contribution is 8.01. The molecule has 2 aliphatic heterocycles. The van der Waals surface area contributed by atoms with E-state index in [1.807, 2.05) is 6.92 Å². The van der Waals surface area contributed by atoms with Crippen LogP contribution in [-0.2, 0) is 85.6 Å². The second kappa shape index (κ2) is 29.8. The summed E-state index contributed by atoms with van der Waals surface area (Å²) < 4.78 is 70.9. The average Bonchev–Trinajstić information content (AvgIpc) is 2.63. The van der Waals surface area contributed by atoms with Crippen molar-refractivity contribution in [2.24, 2.45) is 10.2 Å². The van der Waals surface area contributed by atoms with Gasteiger partial charge in [-0.2, -0.15) is 0 Å². The van der Waals surface area contributed by atoms with Gasteiger partial charge in [-0.1, -0.05) is 94.3 Å². The molecule has 444 valence electrons. The zero-order valence-corrected chi connectivity index (χ0v) is 47.1. The van der Waals surface area contributed by atoms with Crippen molar-refractivity contribution in [3.8, 4) is 0 Å². The fourth-order valence-corrected chi connectivity index (χ4v) is 10.3. The van der Waals surface area contributed by atoms with Crippen LogP contribution in [0.5, 0.6) is 0 Å². The van der Waals surface area contributed by atoms with Gasteiger partial charge in [0.2, 0.25) is 4.93 Å². The van der Waals surface area contributed by atoms with Crippen LogP contribution < -0.4 is 0 Å². The predicted octanol–water partition coefficient (Wildman–Crippen LogP) is 6.81. The lowest BCUT2D eigenvalue weighted by atomic mass is 9.88. The van der Waals surface area contributed by atoms with Gasteiger partial charge in [-0.15, -0.1) is 0 Å². The molecule has 84 heavy (non-hydrogen) atoms. The van der Waals surface area contributed by atoms with Gasteiger partial charge >= 0.3 is 53.7 Å². The molecule has 0 aliphatic carbocycles. The lowest BCUT2D eigenvalue weighted by Gasteiger charge is -2.48. The van der Waals surface area contributed by atoms with Crippen molar-refractivity contribution >= 4 is 65.5 Å². The highest BCUT2D eigenvalue weighted by Crippen LogP contribution is 2.47. The van der Waals surface area contributed by atoms with Crippen molar-refractivity contribution < 1.29 is 100.0 Å². The van der Waals surface area contributed by atoms with Crippen LogP contribution in [0, 0.1) is 6.92 Å². The zero-order valence-electron chi connectivity index (χ0n) is 46.2. The van der Waals surface area contributed by atoms with Gasteiger partial charge in [0.15, 0.2) is 24.4 Å². The first-order valence-electron chi connectivity index (χ1n) is 25.6. The molecule has 2 fully saturated rings. The summed E-state index contributed by atoms with van der Waals surface area (Å²) in [6, 6.07) is 25.2. The molecule has 2 aliphatic rings. The molecule has 27 nitrogen and oxygen atoms in total. The number of carbonyl (C=O) groups is 9. The maximum absolute atomic E-state index is 14.7. The minimum absolute atomic E-state index is 0.0142. The second-order valence-corrected chi connectivity index (χ2v) is 20.0. The Labute approximate surface area is 483 Å². The highest BCUT2D eigenvalue weighted by Gasteiger charge is 2.62. The lowest BCUT2D eigenvalue weighted by Crippen LogP contribution is -2.66. The van der Waals surface area contributed by atoms with Crippen molar-refractivity contribution in [1.29, 1.82) is 0 Å². The first-order valence-corrected chi connectivity index (χ1v) is 26.4. The van der Waals surface area contributed by atoms with Crippen LogP contribution in [0.15, 0.2) is 130 Å². The third kappa shape index (κ3) is 16.6. The first-order chi connectivity index (χ1) is 40.2. The fraction of sp³-hybridized carbons (Fsp3) is 0.411. The molecule has 0 N–H and O–H groups in total. The molecule has 12 atom stereocenters. The predicted molar refractivity (Wildman–Crippen MR) is 288 cm³/mol. The Balaban J connectivity index is 1.63. The molecular formula is C56H58N6O21S. The molecular weight excluding hydrogens is 1120 g/mol. The Morgan fingerprint density at radius 3 is 1.52 bits per heavy atom. The molecule has 4 aromatic rings. The molecule has 0 spiro atoms. The maximum atomic E-state index is 14.7. The number of methoxy groups -OCH3 is 2. The summed E-state index contributed by atoms with van der Waals surface area (Å²) in [7, 11) is 1.93. The van der Waals surface area contributed by atoms with Crippen molar-refractivity contribution in [1.82, 2.24) is 0 Å². The van der Waals surface area contributed by atoms with Gasteiger partial charge in [-0.25, -0.2) is 24.0 Å². The standard InChI is InChI=1S/C56H58N6O21S/c1-31-23-25-39(26-24-31)84-56(54(71)73-7)28-41(79-50(67)36-17-11-8-12-18-36)45(60-62-58)49(83-56)47(81-52(69)38-21-15-10-16-22-38)43(80-51(68)37-19-13-9-14-20-37)30-75-55(53(70)72-6)27-40(76-33(3)64)44(59-61-57)48(82-55)46(78-35(5)66)42(77-34(4)65)29-74-32(2)63/h8-26,40-49H,27-30H2,1-7H3/t40-,41-,42+,43+,44+,45+,46+,47+,48+,49+,55+,56-/m0/s1. The first kappa shape index (κ1) is 64.1. The van der Waals surface area contributed by atoms with E-state index in [0.29, 0.717) is 4.90 Å². The van der Waals surface area contributed by atoms with Crippen LogP contribution in [0.2, 0.25) is 0 Å². The van der Waals surface area contributed by atoms with E-state index in [-0.39, 0.29) is 16.7 Å². The Morgan fingerprint density at radius 2 is 1.04 bits per heavy atom. The summed E-state index contributed by atoms with van der Waals surface area (Å²) in [4.78, 5) is 127. The third-order valence-corrected chi connectivity index (χ3v) is 14.0.